The Bertz CT molecular complexity index is 542. The van der Waals surface area contributed by atoms with Crippen LogP contribution in [0.3, 0.4) is 0 Å². The fraction of sp³-hybridized carbons (Fsp3) is 0.0909. The predicted molar refractivity (Wildman–Crippen MR) is 67.9 cm³/mol. The van der Waals surface area contributed by atoms with Gasteiger partial charge in [-0.15, -0.1) is 11.3 Å². The molecule has 0 aliphatic heterocycles. The quantitative estimate of drug-likeness (QED) is 0.894. The van der Waals surface area contributed by atoms with Crippen molar-refractivity contribution in [3.05, 3.63) is 45.4 Å². The number of thiophene rings is 1. The average Bonchev–Trinajstić information content (AvgIpc) is 2.73. The number of carboxylic acid groups (broad SMARTS) is 1. The van der Waals surface area contributed by atoms with Gasteiger partial charge < -0.3 is 10.4 Å². The summed E-state index contributed by atoms with van der Waals surface area (Å²) in [5.74, 6) is -0.996. The van der Waals surface area contributed by atoms with Crippen molar-refractivity contribution in [3.63, 3.8) is 0 Å². The van der Waals surface area contributed by atoms with Crippen LogP contribution >= 0.6 is 22.9 Å². The zero-order chi connectivity index (χ0) is 12.3. The Balaban J connectivity index is 2.11. The molecule has 2 aromatic rings. The maximum absolute atomic E-state index is 10.9. The summed E-state index contributed by atoms with van der Waals surface area (Å²) in [5, 5.41) is 12.0. The van der Waals surface area contributed by atoms with E-state index in [1.807, 2.05) is 12.1 Å². The van der Waals surface area contributed by atoms with Gasteiger partial charge in [-0.3, -0.25) is 4.98 Å². The minimum atomic E-state index is -0.996. The van der Waals surface area contributed by atoms with Crippen LogP contribution in [0, 0.1) is 0 Å². The Kier molecular flexibility index (Phi) is 3.61. The van der Waals surface area contributed by atoms with E-state index in [1.54, 1.807) is 12.3 Å². The fourth-order valence-corrected chi connectivity index (χ4v) is 2.38. The molecular weight excluding hydrogens is 260 g/mol. The Morgan fingerprint density at radius 1 is 1.47 bits per heavy atom. The summed E-state index contributed by atoms with van der Waals surface area (Å²) >= 11 is 7.27. The summed E-state index contributed by atoms with van der Waals surface area (Å²) in [4.78, 5) is 15.8. The number of pyridine rings is 1. The number of rotatable bonds is 4. The van der Waals surface area contributed by atoms with Crippen molar-refractivity contribution in [2.24, 2.45) is 0 Å². The van der Waals surface area contributed by atoms with Crippen LogP contribution in [0.5, 0.6) is 0 Å². The van der Waals surface area contributed by atoms with Crippen LogP contribution in [0.2, 0.25) is 4.34 Å². The number of halogens is 1. The van der Waals surface area contributed by atoms with E-state index in [4.69, 9.17) is 16.7 Å². The second-order valence-electron chi connectivity index (χ2n) is 3.29. The van der Waals surface area contributed by atoms with Crippen molar-refractivity contribution >= 4 is 34.6 Å². The van der Waals surface area contributed by atoms with E-state index in [2.05, 4.69) is 10.3 Å². The van der Waals surface area contributed by atoms with Crippen LogP contribution in [0.1, 0.15) is 15.2 Å². The first-order valence-electron chi connectivity index (χ1n) is 4.82. The minimum Gasteiger partial charge on any atom is -0.478 e. The molecule has 0 amide bonds. The van der Waals surface area contributed by atoms with E-state index < -0.39 is 5.97 Å². The van der Waals surface area contributed by atoms with Gasteiger partial charge in [-0.1, -0.05) is 11.6 Å². The molecule has 0 aliphatic rings. The fourth-order valence-electron chi connectivity index (χ4n) is 1.35. The van der Waals surface area contributed by atoms with Crippen LogP contribution in [0.25, 0.3) is 0 Å². The van der Waals surface area contributed by atoms with Crippen LogP contribution in [-0.2, 0) is 6.54 Å². The maximum atomic E-state index is 10.9. The average molecular weight is 269 g/mol. The molecule has 88 valence electrons. The Labute approximate surface area is 107 Å². The van der Waals surface area contributed by atoms with Crippen molar-refractivity contribution in [2.45, 2.75) is 6.54 Å². The van der Waals surface area contributed by atoms with Crippen LogP contribution < -0.4 is 5.32 Å². The van der Waals surface area contributed by atoms with Gasteiger partial charge in [0.1, 0.15) is 5.56 Å². The summed E-state index contributed by atoms with van der Waals surface area (Å²) in [6, 6.07) is 5.36. The monoisotopic (exact) mass is 268 g/mol. The first-order chi connectivity index (χ1) is 8.16. The number of nitrogens with zero attached hydrogens (tertiary/aromatic N) is 1. The molecule has 4 nitrogen and oxygen atoms in total. The summed E-state index contributed by atoms with van der Waals surface area (Å²) in [6.45, 7) is 0.543. The highest BCUT2D eigenvalue weighted by molar-refractivity contribution is 7.16. The summed E-state index contributed by atoms with van der Waals surface area (Å²) in [5.41, 5.74) is 0.715. The van der Waals surface area contributed by atoms with Crippen molar-refractivity contribution in [3.8, 4) is 0 Å². The highest BCUT2D eigenvalue weighted by Crippen LogP contribution is 2.23. The molecule has 0 spiro atoms. The topological polar surface area (TPSA) is 62.2 Å². The van der Waals surface area contributed by atoms with Gasteiger partial charge >= 0.3 is 5.97 Å². The molecule has 0 fully saturated rings. The van der Waals surface area contributed by atoms with Crippen molar-refractivity contribution in [1.29, 1.82) is 0 Å². The van der Waals surface area contributed by atoms with E-state index in [0.717, 1.165) is 9.21 Å². The number of aromatic nitrogens is 1. The molecular formula is C11H9ClN2O2S. The van der Waals surface area contributed by atoms with Gasteiger partial charge in [-0.2, -0.15) is 0 Å². The molecule has 0 bridgehead atoms. The molecule has 2 aromatic heterocycles. The smallest absolute Gasteiger partial charge is 0.339 e. The molecule has 2 heterocycles. The van der Waals surface area contributed by atoms with Crippen molar-refractivity contribution in [1.82, 2.24) is 4.98 Å². The lowest BCUT2D eigenvalue weighted by Gasteiger charge is -2.07. The summed E-state index contributed by atoms with van der Waals surface area (Å²) < 4.78 is 0.718. The lowest BCUT2D eigenvalue weighted by Crippen LogP contribution is -2.06. The second-order valence-corrected chi connectivity index (χ2v) is 5.09. The van der Waals surface area contributed by atoms with E-state index in [0.29, 0.717) is 12.2 Å². The van der Waals surface area contributed by atoms with E-state index in [-0.39, 0.29) is 5.56 Å². The lowest BCUT2D eigenvalue weighted by atomic mass is 10.2. The Morgan fingerprint density at radius 3 is 2.94 bits per heavy atom. The van der Waals surface area contributed by atoms with Gasteiger partial charge in [0.15, 0.2) is 0 Å². The highest BCUT2D eigenvalue weighted by atomic mass is 35.5. The van der Waals surface area contributed by atoms with Gasteiger partial charge in [-0.05, 0) is 18.2 Å². The first-order valence-corrected chi connectivity index (χ1v) is 6.01. The molecule has 0 radical (unpaired) electrons. The first kappa shape index (κ1) is 11.9. The van der Waals surface area contributed by atoms with E-state index in [1.165, 1.54) is 17.5 Å². The Morgan fingerprint density at radius 2 is 2.29 bits per heavy atom. The number of carbonyl (C=O) groups is 1. The van der Waals surface area contributed by atoms with Gasteiger partial charge in [-0.25, -0.2) is 4.79 Å². The normalized spacial score (nSPS) is 10.2. The molecule has 2 rings (SSSR count). The molecule has 0 saturated carbocycles. The number of carboxylic acids is 1. The SMILES string of the molecule is O=C(O)c1cnccc1NCc1ccc(Cl)s1. The molecule has 2 N–H and O–H groups in total. The third-order valence-corrected chi connectivity index (χ3v) is 3.36. The molecule has 0 unspecified atom stereocenters. The highest BCUT2D eigenvalue weighted by Gasteiger charge is 2.09. The zero-order valence-electron chi connectivity index (χ0n) is 8.68. The molecule has 0 atom stereocenters. The second kappa shape index (κ2) is 5.16. The molecule has 0 aliphatic carbocycles. The van der Waals surface area contributed by atoms with Gasteiger partial charge in [0.05, 0.1) is 10.0 Å². The number of aromatic carboxylic acids is 1. The largest absolute Gasteiger partial charge is 0.478 e. The third kappa shape index (κ3) is 2.95. The van der Waals surface area contributed by atoms with E-state index >= 15 is 0 Å². The summed E-state index contributed by atoms with van der Waals surface area (Å²) in [7, 11) is 0. The standard InChI is InChI=1S/C11H9ClN2O2S/c12-10-2-1-7(17-10)5-14-9-3-4-13-6-8(9)11(15)16/h1-4,6H,5H2,(H,13,14)(H,15,16). The van der Waals surface area contributed by atoms with Crippen molar-refractivity contribution in [2.75, 3.05) is 5.32 Å². The predicted octanol–water partition coefficient (Wildman–Crippen LogP) is 3.11. The number of hydrogen-bond acceptors (Lipinski definition) is 4. The molecule has 0 aromatic carbocycles. The van der Waals surface area contributed by atoms with Gasteiger partial charge in [0.2, 0.25) is 0 Å². The van der Waals surface area contributed by atoms with Crippen molar-refractivity contribution < 1.29 is 9.90 Å². The zero-order valence-corrected chi connectivity index (χ0v) is 10.3. The third-order valence-electron chi connectivity index (χ3n) is 2.13. The lowest BCUT2D eigenvalue weighted by molar-refractivity contribution is 0.0697. The number of hydrogen-bond donors (Lipinski definition) is 2. The number of nitrogens with one attached hydrogen (secondary N) is 1. The molecule has 0 saturated heterocycles. The molecule has 6 heteroatoms. The minimum absolute atomic E-state index is 0.162. The maximum Gasteiger partial charge on any atom is 0.339 e. The molecule has 17 heavy (non-hydrogen) atoms. The summed E-state index contributed by atoms with van der Waals surface area (Å²) in [6.07, 6.45) is 2.88. The van der Waals surface area contributed by atoms with Crippen LogP contribution in [0.4, 0.5) is 5.69 Å². The van der Waals surface area contributed by atoms with Gasteiger partial charge in [0, 0.05) is 23.8 Å². The van der Waals surface area contributed by atoms with E-state index in [9.17, 15) is 4.79 Å². The van der Waals surface area contributed by atoms with Crippen LogP contribution in [-0.4, -0.2) is 16.1 Å². The Hall–Kier alpha value is -1.59. The number of anilines is 1. The van der Waals surface area contributed by atoms with Crippen LogP contribution in [0.15, 0.2) is 30.6 Å². The van der Waals surface area contributed by atoms with Gasteiger partial charge in [0.25, 0.3) is 0 Å².